The first-order chi connectivity index (χ1) is 10.0. The maximum Gasteiger partial charge on any atom is 0.310 e. The molecule has 0 radical (unpaired) electrons. The third-order valence-corrected chi connectivity index (χ3v) is 4.85. The minimum atomic E-state index is -0.219. The van der Waals surface area contributed by atoms with E-state index in [4.69, 9.17) is 4.74 Å². The Morgan fingerprint density at radius 3 is 2.57 bits per heavy atom. The van der Waals surface area contributed by atoms with Gasteiger partial charge >= 0.3 is 5.97 Å². The van der Waals surface area contributed by atoms with Gasteiger partial charge < -0.3 is 9.64 Å². The first-order valence-electron chi connectivity index (χ1n) is 7.06. The topological polar surface area (TPSA) is 46.6 Å². The molecule has 1 heterocycles. The zero-order chi connectivity index (χ0) is 15.4. The van der Waals surface area contributed by atoms with Crippen molar-refractivity contribution in [3.8, 4) is 0 Å². The zero-order valence-corrected chi connectivity index (χ0v) is 13.5. The molecule has 0 N–H and O–H groups in total. The fourth-order valence-electron chi connectivity index (χ4n) is 2.50. The lowest BCUT2D eigenvalue weighted by molar-refractivity contribution is -0.146. The van der Waals surface area contributed by atoms with Crippen LogP contribution in [0, 0.1) is 18.8 Å². The highest BCUT2D eigenvalue weighted by molar-refractivity contribution is 8.00. The summed E-state index contributed by atoms with van der Waals surface area (Å²) in [5.41, 5.74) is 1.21. The van der Waals surface area contributed by atoms with E-state index in [1.54, 1.807) is 4.90 Å². The van der Waals surface area contributed by atoms with Crippen molar-refractivity contribution in [2.45, 2.75) is 18.7 Å². The zero-order valence-electron chi connectivity index (χ0n) is 12.7. The van der Waals surface area contributed by atoms with Crippen LogP contribution in [-0.4, -0.2) is 42.7 Å². The van der Waals surface area contributed by atoms with E-state index in [1.165, 1.54) is 24.4 Å². The van der Waals surface area contributed by atoms with Crippen LogP contribution >= 0.6 is 11.8 Å². The van der Waals surface area contributed by atoms with E-state index in [1.807, 2.05) is 38.1 Å². The number of carbonyl (C=O) groups is 2. The highest BCUT2D eigenvalue weighted by Gasteiger charge is 2.37. The fourth-order valence-corrected chi connectivity index (χ4v) is 3.30. The van der Waals surface area contributed by atoms with E-state index in [-0.39, 0.29) is 23.7 Å². The number of ether oxygens (including phenoxy) is 1. The minimum Gasteiger partial charge on any atom is -0.469 e. The summed E-state index contributed by atoms with van der Waals surface area (Å²) in [7, 11) is 1.40. The number of nitrogens with zero attached hydrogens (tertiary/aromatic N) is 1. The van der Waals surface area contributed by atoms with Gasteiger partial charge in [0.2, 0.25) is 5.91 Å². The second kappa shape index (κ2) is 6.98. The first-order valence-corrected chi connectivity index (χ1v) is 8.05. The van der Waals surface area contributed by atoms with Gasteiger partial charge in [0, 0.05) is 18.0 Å². The molecular formula is C16H21NO3S. The molecule has 0 aliphatic carbocycles. The lowest BCUT2D eigenvalue weighted by Gasteiger charge is -2.15. The molecule has 1 aliphatic rings. The largest absolute Gasteiger partial charge is 0.469 e. The Bertz CT molecular complexity index is 515. The lowest BCUT2D eigenvalue weighted by atomic mass is 9.99. The molecule has 1 saturated heterocycles. The molecule has 1 aliphatic heterocycles. The summed E-state index contributed by atoms with van der Waals surface area (Å²) in [6.07, 6.45) is 0. The van der Waals surface area contributed by atoms with Gasteiger partial charge in [0.15, 0.2) is 0 Å². The molecule has 1 fully saturated rings. The molecule has 1 amide bonds. The summed E-state index contributed by atoms with van der Waals surface area (Å²) in [5, 5.41) is 0. The third kappa shape index (κ3) is 4.00. The monoisotopic (exact) mass is 307 g/mol. The number of rotatable bonds is 4. The van der Waals surface area contributed by atoms with Crippen LogP contribution in [0.25, 0.3) is 0 Å². The number of aryl methyl sites for hydroxylation is 1. The second-order valence-corrected chi connectivity index (χ2v) is 6.56. The molecule has 0 spiro atoms. The molecule has 2 rings (SSSR count). The molecule has 1 aromatic rings. The van der Waals surface area contributed by atoms with E-state index < -0.39 is 0 Å². The van der Waals surface area contributed by atoms with Crippen LogP contribution < -0.4 is 0 Å². The van der Waals surface area contributed by atoms with E-state index in [0.717, 1.165) is 4.90 Å². The molecule has 4 nitrogen and oxygen atoms in total. The van der Waals surface area contributed by atoms with Gasteiger partial charge in [-0.2, -0.15) is 0 Å². The van der Waals surface area contributed by atoms with Crippen LogP contribution in [0.3, 0.4) is 0 Å². The number of thioether (sulfide) groups is 1. The van der Waals surface area contributed by atoms with Crippen LogP contribution in [0.15, 0.2) is 29.2 Å². The Labute approximate surface area is 129 Å². The number of benzene rings is 1. The van der Waals surface area contributed by atoms with E-state index in [9.17, 15) is 9.59 Å². The summed E-state index contributed by atoms with van der Waals surface area (Å²) in [4.78, 5) is 26.7. The molecule has 2 unspecified atom stereocenters. The van der Waals surface area contributed by atoms with Crippen molar-refractivity contribution in [3.63, 3.8) is 0 Å². The molecule has 5 heteroatoms. The van der Waals surface area contributed by atoms with Crippen molar-refractivity contribution in [3.05, 3.63) is 29.8 Å². The molecule has 2 atom stereocenters. The fraction of sp³-hybridized carbons (Fsp3) is 0.500. The molecule has 114 valence electrons. The van der Waals surface area contributed by atoms with Gasteiger partial charge in [-0.1, -0.05) is 24.6 Å². The predicted molar refractivity (Wildman–Crippen MR) is 83.2 cm³/mol. The average molecular weight is 307 g/mol. The number of hydrogen-bond donors (Lipinski definition) is 0. The van der Waals surface area contributed by atoms with E-state index in [2.05, 4.69) is 0 Å². The highest BCUT2D eigenvalue weighted by Crippen LogP contribution is 2.26. The SMILES string of the molecule is COC(=O)C1CN(C(=O)CSc2ccc(C)cc2)CC1C. The number of hydrogen-bond acceptors (Lipinski definition) is 4. The van der Waals surface area contributed by atoms with Crippen LogP contribution in [-0.2, 0) is 14.3 Å². The van der Waals surface area contributed by atoms with Crippen LogP contribution in [0.4, 0.5) is 0 Å². The van der Waals surface area contributed by atoms with Crippen LogP contribution in [0.2, 0.25) is 0 Å². The van der Waals surface area contributed by atoms with Crippen LogP contribution in [0.5, 0.6) is 0 Å². The van der Waals surface area contributed by atoms with Crippen molar-refractivity contribution in [1.82, 2.24) is 4.90 Å². The third-order valence-electron chi connectivity index (χ3n) is 3.85. The lowest BCUT2D eigenvalue weighted by Crippen LogP contribution is -2.31. The minimum absolute atomic E-state index is 0.0822. The quantitative estimate of drug-likeness (QED) is 0.633. The number of esters is 1. The summed E-state index contributed by atoms with van der Waals surface area (Å²) in [5.74, 6) is 0.237. The predicted octanol–water partition coefficient (Wildman–Crippen LogP) is 2.35. The molecule has 21 heavy (non-hydrogen) atoms. The van der Waals surface area contributed by atoms with Gasteiger partial charge in [-0.15, -0.1) is 11.8 Å². The molecular weight excluding hydrogens is 286 g/mol. The number of likely N-dealkylation sites (tertiary alicyclic amines) is 1. The van der Waals surface area contributed by atoms with Gasteiger partial charge in [0.1, 0.15) is 0 Å². The summed E-state index contributed by atoms with van der Waals surface area (Å²) in [6.45, 7) is 5.13. The van der Waals surface area contributed by atoms with Crippen molar-refractivity contribution < 1.29 is 14.3 Å². The van der Waals surface area contributed by atoms with E-state index in [0.29, 0.717) is 18.8 Å². The van der Waals surface area contributed by atoms with E-state index >= 15 is 0 Å². The standard InChI is InChI=1S/C16H21NO3S/c1-11-4-6-13(7-5-11)21-10-15(18)17-8-12(2)14(9-17)16(19)20-3/h4-7,12,14H,8-10H2,1-3H3. The Hall–Kier alpha value is -1.49. The van der Waals surface area contributed by atoms with Gasteiger partial charge in [0.05, 0.1) is 18.8 Å². The Kier molecular flexibility index (Phi) is 5.28. The summed E-state index contributed by atoms with van der Waals surface area (Å²) < 4.78 is 4.79. The summed E-state index contributed by atoms with van der Waals surface area (Å²) in [6, 6.07) is 8.13. The van der Waals surface area contributed by atoms with Gasteiger partial charge in [0.25, 0.3) is 0 Å². The molecule has 0 bridgehead atoms. The molecule has 0 saturated carbocycles. The van der Waals surface area contributed by atoms with Crippen molar-refractivity contribution >= 4 is 23.6 Å². The summed E-state index contributed by atoms with van der Waals surface area (Å²) >= 11 is 1.53. The van der Waals surface area contributed by atoms with Crippen molar-refractivity contribution in [2.24, 2.45) is 11.8 Å². The second-order valence-electron chi connectivity index (χ2n) is 5.51. The van der Waals surface area contributed by atoms with Crippen molar-refractivity contribution in [1.29, 1.82) is 0 Å². The number of methoxy groups -OCH3 is 1. The van der Waals surface area contributed by atoms with Crippen molar-refractivity contribution in [2.75, 3.05) is 26.0 Å². The van der Waals surface area contributed by atoms with Gasteiger partial charge in [-0.05, 0) is 25.0 Å². The smallest absolute Gasteiger partial charge is 0.310 e. The molecule has 0 aromatic heterocycles. The number of carbonyl (C=O) groups excluding carboxylic acids is 2. The van der Waals surface area contributed by atoms with Gasteiger partial charge in [-0.3, -0.25) is 9.59 Å². The first kappa shape index (κ1) is 15.9. The van der Waals surface area contributed by atoms with Gasteiger partial charge in [-0.25, -0.2) is 0 Å². The Morgan fingerprint density at radius 2 is 1.95 bits per heavy atom. The van der Waals surface area contributed by atoms with Crippen LogP contribution in [0.1, 0.15) is 12.5 Å². The highest BCUT2D eigenvalue weighted by atomic mass is 32.2. The average Bonchev–Trinajstić information content (AvgIpc) is 2.87. The maximum absolute atomic E-state index is 12.2. The Morgan fingerprint density at radius 1 is 1.29 bits per heavy atom. The maximum atomic E-state index is 12.2. The Balaban J connectivity index is 1.87. The number of amides is 1. The normalized spacial score (nSPS) is 21.4. The molecule has 1 aromatic carbocycles.